The quantitative estimate of drug-likeness (QED) is 0.102. The van der Waals surface area contributed by atoms with Gasteiger partial charge in [0.1, 0.15) is 35.8 Å². The largest absolute Gasteiger partial charge is 0.455 e. The molecule has 4 heterocycles. The van der Waals surface area contributed by atoms with Gasteiger partial charge in [0.05, 0.1) is 22.4 Å². The number of carbonyl (C=O) groups excluding carboxylic acids is 2. The van der Waals surface area contributed by atoms with Crippen molar-refractivity contribution in [3.63, 3.8) is 0 Å². The number of nitro benzene ring substituents is 1. The topological polar surface area (TPSA) is 176 Å². The molecule has 0 aliphatic carbocycles. The Kier molecular flexibility index (Phi) is 17.6. The summed E-state index contributed by atoms with van der Waals surface area (Å²) in [5.74, 6) is 0.678. The first-order valence-electron chi connectivity index (χ1n) is 16.0. The van der Waals surface area contributed by atoms with E-state index in [9.17, 15) is 28.9 Å². The van der Waals surface area contributed by atoms with Crippen LogP contribution in [0.3, 0.4) is 0 Å². The van der Waals surface area contributed by atoms with Crippen molar-refractivity contribution in [2.45, 2.75) is 19.8 Å². The molecule has 0 bridgehead atoms. The third kappa shape index (κ3) is 13.1. The number of nitrogens with zero attached hydrogens (tertiary/aromatic N) is 4. The molecule has 16 heteroatoms. The molecule has 0 atom stereocenters. The predicted octanol–water partition coefficient (Wildman–Crippen LogP) is 5.26. The zero-order chi connectivity index (χ0) is 38.8. The molecule has 0 aliphatic heterocycles. The number of Topliss-reactive ketones (excluding diaryl/α,β-unsaturated/α-hetero) is 2. The van der Waals surface area contributed by atoms with Crippen LogP contribution < -0.4 is 10.2 Å². The molecule has 0 spiro atoms. The van der Waals surface area contributed by atoms with Crippen molar-refractivity contribution in [2.24, 2.45) is 0 Å². The van der Waals surface area contributed by atoms with Crippen LogP contribution in [0.15, 0.2) is 102 Å². The minimum absolute atomic E-state index is 0. The molecule has 0 saturated carbocycles. The fraction of sp³-hybridized carbons (Fsp3) is 0.189. The number of fused-ring (bicyclic) bond motifs is 2. The molecule has 6 rings (SSSR count). The predicted molar refractivity (Wildman–Crippen MR) is 195 cm³/mol. The standard InChI is InChI=1S/C19H18N2O3.C9H5FN2O2.C9H11NO3.BH.U/c1-13-5-6-18(19-17(13)4-3-8-21-19)24-16-7-9-20-14(11-16)10-15(22)12-23-2;10-7-3-4-8(12(13)14)6-2-1-5-11-9(6)7;1-13-6-9(12)5-7-4-8(11)2-3-10-7;;/h3-9,11H,10,12H2,1-2H3;1-5H;2-4H,5-6H2,1H3,(H,10,11);1H;/i;;;1D;. The van der Waals surface area contributed by atoms with E-state index in [-0.39, 0.29) is 90.8 Å². The van der Waals surface area contributed by atoms with Gasteiger partial charge in [-0.3, -0.25) is 39.4 Å². The van der Waals surface area contributed by atoms with Crippen molar-refractivity contribution in [1.29, 1.82) is 1.34 Å². The summed E-state index contributed by atoms with van der Waals surface area (Å²) in [7, 11) is 6.71. The maximum atomic E-state index is 13.1. The van der Waals surface area contributed by atoms with Crippen molar-refractivity contribution in [1.82, 2.24) is 19.9 Å². The van der Waals surface area contributed by atoms with Crippen molar-refractivity contribution >= 4 is 47.4 Å². The second-order valence-corrected chi connectivity index (χ2v) is 10.9. The number of ether oxygens (including phenoxy) is 3. The van der Waals surface area contributed by atoms with E-state index in [0.29, 0.717) is 22.9 Å². The SMILES string of the molecule is COCC(=O)Cc1cc(=O)cc[nH]1.COCC(=O)Cc1cc(Oc2ccc(C)c3cccnc23)ccn1.O=[N+]([O-])c1ccc(F)c2ncccc12.[2H][B].[U]. The Morgan fingerprint density at radius 1 is 0.868 bits per heavy atom. The summed E-state index contributed by atoms with van der Waals surface area (Å²) >= 11 is 0. The van der Waals surface area contributed by atoms with E-state index in [2.05, 4.69) is 33.0 Å². The van der Waals surface area contributed by atoms with Gasteiger partial charge in [-0.15, -0.1) is 0 Å². The van der Waals surface area contributed by atoms with Gasteiger partial charge >= 0.3 is 0 Å². The number of nitro groups is 1. The molecular weight excluding hydrogens is 910 g/mol. The van der Waals surface area contributed by atoms with Gasteiger partial charge in [-0.2, -0.15) is 0 Å². The first kappa shape index (κ1) is 42.3. The van der Waals surface area contributed by atoms with Crippen molar-refractivity contribution < 1.29 is 64.2 Å². The normalized spacial score (nSPS) is 10.2. The Morgan fingerprint density at radius 2 is 1.53 bits per heavy atom. The third-order valence-corrected chi connectivity index (χ3v) is 7.07. The van der Waals surface area contributed by atoms with Gasteiger partial charge < -0.3 is 19.2 Å². The summed E-state index contributed by atoms with van der Waals surface area (Å²) in [5, 5.41) is 11.9. The van der Waals surface area contributed by atoms with Crippen LogP contribution in [0.5, 0.6) is 11.5 Å². The number of H-pyrrole nitrogens is 1. The molecule has 4 aromatic heterocycles. The summed E-state index contributed by atoms with van der Waals surface area (Å²) in [6.45, 7) is 2.20. The van der Waals surface area contributed by atoms with Crippen LogP contribution in [0.4, 0.5) is 10.1 Å². The number of hydrogen-bond donors (Lipinski definition) is 1. The molecule has 0 saturated heterocycles. The average Bonchev–Trinajstić information content (AvgIpc) is 3.15. The van der Waals surface area contributed by atoms with Gasteiger partial charge in [0.25, 0.3) is 5.69 Å². The maximum absolute atomic E-state index is 13.1. The minimum Gasteiger partial charge on any atom is -0.455 e. The monoisotopic (exact) mass is 946 g/mol. The summed E-state index contributed by atoms with van der Waals surface area (Å²) in [5.41, 5.74) is 3.03. The zero-order valence-corrected chi connectivity index (χ0v) is 33.2. The molecule has 0 aliphatic rings. The van der Waals surface area contributed by atoms with E-state index in [4.69, 9.17) is 10.8 Å². The number of carbonyl (C=O) groups is 2. The minimum atomic E-state index is -0.552. The summed E-state index contributed by atoms with van der Waals surface area (Å²) in [6, 6.07) is 19.4. The van der Waals surface area contributed by atoms with Crippen LogP contribution in [0.1, 0.15) is 17.0 Å². The van der Waals surface area contributed by atoms with Crippen LogP contribution in [-0.2, 0) is 31.9 Å². The zero-order valence-electron chi connectivity index (χ0n) is 30.1. The van der Waals surface area contributed by atoms with Gasteiger partial charge in [-0.05, 0) is 50.2 Å². The molecular formula is C37H35BFN5O8U. The second-order valence-electron chi connectivity index (χ2n) is 10.9. The van der Waals surface area contributed by atoms with E-state index in [1.807, 2.05) is 31.2 Å². The Balaban J connectivity index is 0.000000289. The summed E-state index contributed by atoms with van der Waals surface area (Å²) in [4.78, 5) is 58.8. The fourth-order valence-electron chi connectivity index (χ4n) is 4.83. The van der Waals surface area contributed by atoms with Crippen molar-refractivity contribution in [3.8, 4) is 11.5 Å². The Bertz CT molecular complexity index is 2230. The first-order chi connectivity index (χ1) is 25.6. The molecule has 0 fully saturated rings. The van der Waals surface area contributed by atoms with Gasteiger partial charge in [0.15, 0.2) is 22.7 Å². The molecule has 0 unspecified atom stereocenters. The number of nitrogens with one attached hydrogen (secondary N) is 1. The van der Waals surface area contributed by atoms with Gasteiger partial charge in [-0.25, -0.2) is 4.39 Å². The number of rotatable bonds is 11. The number of halogens is 1. The summed E-state index contributed by atoms with van der Waals surface area (Å²) in [6.07, 6.45) is 6.74. The first-order valence-corrected chi connectivity index (χ1v) is 15.4. The number of aromatic nitrogens is 4. The van der Waals surface area contributed by atoms with E-state index in [0.717, 1.165) is 28.6 Å². The van der Waals surface area contributed by atoms with Crippen LogP contribution in [0.2, 0.25) is 0 Å². The molecule has 2 aromatic carbocycles. The molecule has 13 nitrogen and oxygen atoms in total. The number of aromatic amines is 1. The number of non-ortho nitro benzene ring substituents is 1. The molecule has 6 aromatic rings. The number of hydrogen-bond acceptors (Lipinski definition) is 11. The van der Waals surface area contributed by atoms with E-state index in [1.165, 1.54) is 50.9 Å². The van der Waals surface area contributed by atoms with Crippen LogP contribution in [-0.4, -0.2) is 73.6 Å². The van der Waals surface area contributed by atoms with E-state index in [1.54, 1.807) is 24.5 Å². The van der Waals surface area contributed by atoms with Crippen LogP contribution in [0.25, 0.3) is 21.8 Å². The number of ketones is 2. The van der Waals surface area contributed by atoms with Crippen LogP contribution >= 0.6 is 0 Å². The second kappa shape index (κ2) is 22.1. The average molecular weight is 947 g/mol. The summed E-state index contributed by atoms with van der Waals surface area (Å²) < 4.78 is 33.9. The Labute approximate surface area is 330 Å². The molecule has 2 radical (unpaired) electrons. The van der Waals surface area contributed by atoms with E-state index < -0.39 is 10.7 Å². The van der Waals surface area contributed by atoms with Crippen molar-refractivity contribution in [3.05, 3.63) is 141 Å². The molecule has 53 heavy (non-hydrogen) atoms. The smallest absolute Gasteiger partial charge is 0.278 e. The number of pyridine rings is 4. The van der Waals surface area contributed by atoms with Gasteiger partial charge in [0.2, 0.25) is 0 Å². The van der Waals surface area contributed by atoms with E-state index >= 15 is 0 Å². The maximum Gasteiger partial charge on any atom is 0.278 e. The number of aryl methyl sites for hydroxylation is 1. The van der Waals surface area contributed by atoms with Gasteiger partial charge in [-0.1, -0.05) is 12.1 Å². The third-order valence-electron chi connectivity index (χ3n) is 7.07. The number of benzene rings is 2. The van der Waals surface area contributed by atoms with Crippen molar-refractivity contribution in [2.75, 3.05) is 27.4 Å². The fourth-order valence-corrected chi connectivity index (χ4v) is 4.83. The molecule has 1 N–H and O–H groups in total. The number of methoxy groups -OCH3 is 2. The molecule has 0 amide bonds. The molecule has 270 valence electrons. The Hall–Kier alpha value is -5.13. The van der Waals surface area contributed by atoms with Gasteiger partial charge in [0, 0.05) is 120 Å². The Morgan fingerprint density at radius 3 is 2.19 bits per heavy atom. The van der Waals surface area contributed by atoms with Crippen LogP contribution in [0, 0.1) is 54.0 Å².